The molecule has 4 rings (SSSR count). The van der Waals surface area contributed by atoms with Gasteiger partial charge in [0.1, 0.15) is 5.60 Å². The third-order valence-corrected chi connectivity index (χ3v) is 6.21. The molecule has 1 fully saturated rings. The number of aromatic nitrogens is 1. The smallest absolute Gasteiger partial charge is 0.410 e. The first-order valence-corrected chi connectivity index (χ1v) is 11.1. The SMILES string of the molecule is CC(C)(C)OC(=O)N1CCC(c2c[nH]c3c(C(N)=O)cc(-c4ccsc4)cc23)CC1. The van der Waals surface area contributed by atoms with Crippen LogP contribution < -0.4 is 5.73 Å². The Labute approximate surface area is 180 Å². The summed E-state index contributed by atoms with van der Waals surface area (Å²) in [5.74, 6) is -0.138. The van der Waals surface area contributed by atoms with E-state index in [4.69, 9.17) is 10.5 Å². The van der Waals surface area contributed by atoms with Gasteiger partial charge in [-0.2, -0.15) is 11.3 Å². The average Bonchev–Trinajstić information content (AvgIpc) is 3.36. The van der Waals surface area contributed by atoms with Crippen molar-refractivity contribution in [2.24, 2.45) is 5.73 Å². The fraction of sp³-hybridized carbons (Fsp3) is 0.391. The topological polar surface area (TPSA) is 88.4 Å². The first kappa shape index (κ1) is 20.5. The standard InChI is InChI=1S/C23H27N3O3S/c1-23(2,3)29-22(28)26-7-4-14(5-8-26)19-12-25-20-17(19)10-16(11-18(20)21(24)27)15-6-9-30-13-15/h6,9-14,25H,4-5,7-8H2,1-3H3,(H2,24,27). The molecule has 1 aromatic carbocycles. The molecule has 3 N–H and O–H groups in total. The summed E-state index contributed by atoms with van der Waals surface area (Å²) in [6.45, 7) is 6.94. The molecule has 1 aliphatic heterocycles. The van der Waals surface area contributed by atoms with Gasteiger partial charge in [0.25, 0.3) is 5.91 Å². The van der Waals surface area contributed by atoms with Crippen molar-refractivity contribution in [3.05, 3.63) is 46.3 Å². The maximum atomic E-state index is 12.4. The molecule has 7 heteroatoms. The van der Waals surface area contributed by atoms with E-state index < -0.39 is 11.5 Å². The number of hydrogen-bond acceptors (Lipinski definition) is 4. The van der Waals surface area contributed by atoms with E-state index in [1.54, 1.807) is 16.2 Å². The summed E-state index contributed by atoms with van der Waals surface area (Å²) in [7, 11) is 0. The number of amides is 2. The van der Waals surface area contributed by atoms with Crippen LogP contribution in [0.15, 0.2) is 35.2 Å². The molecule has 6 nitrogen and oxygen atoms in total. The number of carbonyl (C=O) groups is 2. The largest absolute Gasteiger partial charge is 0.444 e. The summed E-state index contributed by atoms with van der Waals surface area (Å²) >= 11 is 1.62. The van der Waals surface area contributed by atoms with Crippen molar-refractivity contribution in [3.63, 3.8) is 0 Å². The van der Waals surface area contributed by atoms with Crippen LogP contribution in [0.2, 0.25) is 0 Å². The fourth-order valence-corrected chi connectivity index (χ4v) is 4.74. The number of hydrogen-bond donors (Lipinski definition) is 2. The number of nitrogens with zero attached hydrogens (tertiary/aromatic N) is 1. The van der Waals surface area contributed by atoms with E-state index in [1.165, 1.54) is 5.56 Å². The number of fused-ring (bicyclic) bond motifs is 1. The summed E-state index contributed by atoms with van der Waals surface area (Å²) in [5, 5.41) is 5.12. The minimum absolute atomic E-state index is 0.254. The lowest BCUT2D eigenvalue weighted by atomic mass is 9.88. The Morgan fingerprint density at radius 1 is 1.20 bits per heavy atom. The number of thiophene rings is 1. The molecule has 158 valence electrons. The third-order valence-electron chi connectivity index (χ3n) is 5.53. The molecular formula is C23H27N3O3S. The Morgan fingerprint density at radius 3 is 2.53 bits per heavy atom. The second kappa shape index (κ2) is 7.80. The van der Waals surface area contributed by atoms with Gasteiger partial charge in [-0.1, -0.05) is 0 Å². The molecule has 0 aliphatic carbocycles. The molecule has 2 amide bonds. The molecule has 0 unspecified atom stereocenters. The van der Waals surface area contributed by atoms with Crippen molar-refractivity contribution in [1.82, 2.24) is 9.88 Å². The van der Waals surface area contributed by atoms with Crippen LogP contribution in [0.1, 0.15) is 55.5 Å². The predicted octanol–water partition coefficient (Wildman–Crippen LogP) is 5.11. The van der Waals surface area contributed by atoms with Crippen molar-refractivity contribution in [2.75, 3.05) is 13.1 Å². The van der Waals surface area contributed by atoms with E-state index in [0.29, 0.717) is 24.6 Å². The Bertz CT molecular complexity index is 1070. The zero-order valence-electron chi connectivity index (χ0n) is 17.5. The van der Waals surface area contributed by atoms with Gasteiger partial charge in [0.15, 0.2) is 0 Å². The Hall–Kier alpha value is -2.80. The van der Waals surface area contributed by atoms with Gasteiger partial charge < -0.3 is 20.4 Å². The van der Waals surface area contributed by atoms with Crippen LogP contribution in [0, 0.1) is 0 Å². The highest BCUT2D eigenvalue weighted by Crippen LogP contribution is 2.37. The number of nitrogens with one attached hydrogen (secondary N) is 1. The number of H-pyrrole nitrogens is 1. The zero-order chi connectivity index (χ0) is 21.5. The van der Waals surface area contributed by atoms with E-state index in [0.717, 1.165) is 34.9 Å². The number of piperidine rings is 1. The van der Waals surface area contributed by atoms with Crippen molar-refractivity contribution in [3.8, 4) is 11.1 Å². The lowest BCUT2D eigenvalue weighted by Crippen LogP contribution is -2.41. The van der Waals surface area contributed by atoms with Gasteiger partial charge >= 0.3 is 6.09 Å². The fourth-order valence-electron chi connectivity index (χ4n) is 4.08. The number of primary amides is 1. The number of nitrogens with two attached hydrogens (primary N) is 1. The first-order chi connectivity index (χ1) is 14.2. The van der Waals surface area contributed by atoms with Crippen molar-refractivity contribution in [1.29, 1.82) is 0 Å². The number of aromatic amines is 1. The molecule has 1 aliphatic rings. The number of rotatable bonds is 3. The molecule has 3 heterocycles. The summed E-state index contributed by atoms with van der Waals surface area (Å²) < 4.78 is 5.50. The molecular weight excluding hydrogens is 398 g/mol. The molecule has 0 bridgehead atoms. The van der Waals surface area contributed by atoms with E-state index in [9.17, 15) is 9.59 Å². The predicted molar refractivity (Wildman–Crippen MR) is 120 cm³/mol. The minimum Gasteiger partial charge on any atom is -0.444 e. The van der Waals surface area contributed by atoms with Crippen LogP contribution in [0.25, 0.3) is 22.0 Å². The highest BCUT2D eigenvalue weighted by atomic mass is 32.1. The molecule has 30 heavy (non-hydrogen) atoms. The lowest BCUT2D eigenvalue weighted by Gasteiger charge is -2.33. The van der Waals surface area contributed by atoms with Crippen LogP contribution in [-0.4, -0.2) is 40.6 Å². The highest BCUT2D eigenvalue weighted by Gasteiger charge is 2.29. The third kappa shape index (κ3) is 4.07. The Kier molecular flexibility index (Phi) is 5.32. The van der Waals surface area contributed by atoms with Gasteiger partial charge in [-0.25, -0.2) is 4.79 Å². The maximum absolute atomic E-state index is 12.4. The van der Waals surface area contributed by atoms with Crippen LogP contribution in [0.3, 0.4) is 0 Å². The van der Waals surface area contributed by atoms with Crippen molar-refractivity contribution < 1.29 is 14.3 Å². The summed E-state index contributed by atoms with van der Waals surface area (Å²) in [5.41, 5.74) is 9.72. The van der Waals surface area contributed by atoms with E-state index in [2.05, 4.69) is 16.4 Å². The molecule has 0 atom stereocenters. The lowest BCUT2D eigenvalue weighted by molar-refractivity contribution is 0.0205. The van der Waals surface area contributed by atoms with E-state index in [-0.39, 0.29) is 6.09 Å². The minimum atomic E-state index is -0.492. The number of ether oxygens (including phenoxy) is 1. The van der Waals surface area contributed by atoms with E-state index >= 15 is 0 Å². The van der Waals surface area contributed by atoms with Gasteiger partial charge in [-0.15, -0.1) is 0 Å². The molecule has 2 aromatic heterocycles. The van der Waals surface area contributed by atoms with Gasteiger partial charge in [-0.05, 0) is 85.2 Å². The first-order valence-electron chi connectivity index (χ1n) is 10.2. The van der Waals surface area contributed by atoms with Crippen LogP contribution in [0.4, 0.5) is 4.79 Å². The Balaban J connectivity index is 1.61. The van der Waals surface area contributed by atoms with Gasteiger partial charge in [0.2, 0.25) is 0 Å². The molecule has 1 saturated heterocycles. The molecule has 0 spiro atoms. The second-order valence-corrected chi connectivity index (χ2v) is 9.59. The van der Waals surface area contributed by atoms with Crippen LogP contribution in [-0.2, 0) is 4.74 Å². The van der Waals surface area contributed by atoms with E-state index in [1.807, 2.05) is 44.5 Å². The molecule has 3 aromatic rings. The van der Waals surface area contributed by atoms with Crippen molar-refractivity contribution in [2.45, 2.75) is 45.1 Å². The molecule has 0 radical (unpaired) electrons. The maximum Gasteiger partial charge on any atom is 0.410 e. The summed E-state index contributed by atoms with van der Waals surface area (Å²) in [4.78, 5) is 29.5. The summed E-state index contributed by atoms with van der Waals surface area (Å²) in [6.07, 6.45) is 3.43. The van der Waals surface area contributed by atoms with Crippen LogP contribution in [0.5, 0.6) is 0 Å². The second-order valence-electron chi connectivity index (χ2n) is 8.81. The summed E-state index contributed by atoms with van der Waals surface area (Å²) in [6, 6.07) is 6.04. The number of likely N-dealkylation sites (tertiary alicyclic amines) is 1. The number of benzene rings is 1. The van der Waals surface area contributed by atoms with Gasteiger partial charge in [0, 0.05) is 24.7 Å². The van der Waals surface area contributed by atoms with Crippen LogP contribution >= 0.6 is 11.3 Å². The number of carbonyl (C=O) groups excluding carboxylic acids is 2. The normalized spacial score (nSPS) is 15.5. The quantitative estimate of drug-likeness (QED) is 0.611. The van der Waals surface area contributed by atoms with Gasteiger partial charge in [0.05, 0.1) is 11.1 Å². The van der Waals surface area contributed by atoms with Gasteiger partial charge in [-0.3, -0.25) is 4.79 Å². The molecule has 0 saturated carbocycles. The zero-order valence-corrected chi connectivity index (χ0v) is 18.3. The van der Waals surface area contributed by atoms with Crippen molar-refractivity contribution >= 4 is 34.2 Å². The highest BCUT2D eigenvalue weighted by molar-refractivity contribution is 7.08. The average molecular weight is 426 g/mol. The monoisotopic (exact) mass is 425 g/mol. The Morgan fingerprint density at radius 2 is 1.93 bits per heavy atom.